The van der Waals surface area contributed by atoms with Gasteiger partial charge < -0.3 is 15.1 Å². The number of nitrogens with zero attached hydrogens (tertiary/aromatic N) is 2. The van der Waals surface area contributed by atoms with Gasteiger partial charge >= 0.3 is 0 Å². The Morgan fingerprint density at radius 3 is 2.95 bits per heavy atom. The number of anilines is 2. The SMILES string of the molecule is CN(CC1CCCOC1)c1cc(NN)cc([N+](=O)[O-])c1. The van der Waals surface area contributed by atoms with E-state index in [9.17, 15) is 10.1 Å². The van der Waals surface area contributed by atoms with E-state index in [2.05, 4.69) is 5.43 Å². The molecule has 20 heavy (non-hydrogen) atoms. The molecule has 1 aromatic carbocycles. The molecular weight excluding hydrogens is 260 g/mol. The first-order valence-corrected chi connectivity index (χ1v) is 6.65. The van der Waals surface area contributed by atoms with Gasteiger partial charge in [0.1, 0.15) is 0 Å². The van der Waals surface area contributed by atoms with Gasteiger partial charge in [-0.1, -0.05) is 0 Å². The summed E-state index contributed by atoms with van der Waals surface area (Å²) < 4.78 is 5.46. The number of hydrogen-bond donors (Lipinski definition) is 2. The number of nitrogens with two attached hydrogens (primary N) is 1. The molecule has 0 amide bonds. The second-order valence-corrected chi connectivity index (χ2v) is 5.10. The number of ether oxygens (including phenoxy) is 1. The van der Waals surface area contributed by atoms with E-state index in [1.807, 2.05) is 11.9 Å². The predicted octanol–water partition coefficient (Wildman–Crippen LogP) is 1.74. The normalized spacial score (nSPS) is 18.6. The monoisotopic (exact) mass is 280 g/mol. The molecular formula is C13H20N4O3. The highest BCUT2D eigenvalue weighted by Crippen LogP contribution is 2.27. The number of rotatable bonds is 5. The number of nitro groups is 1. The molecule has 0 radical (unpaired) electrons. The van der Waals surface area contributed by atoms with Crippen molar-refractivity contribution >= 4 is 17.1 Å². The van der Waals surface area contributed by atoms with Crippen LogP contribution in [0.2, 0.25) is 0 Å². The summed E-state index contributed by atoms with van der Waals surface area (Å²) in [5.41, 5.74) is 3.80. The van der Waals surface area contributed by atoms with Crippen LogP contribution in [0, 0.1) is 16.0 Å². The van der Waals surface area contributed by atoms with Gasteiger partial charge in [0.2, 0.25) is 0 Å². The first-order valence-electron chi connectivity index (χ1n) is 6.65. The molecule has 1 atom stereocenters. The van der Waals surface area contributed by atoms with Crippen molar-refractivity contribution < 1.29 is 9.66 Å². The molecule has 7 heteroatoms. The topological polar surface area (TPSA) is 93.7 Å². The first-order chi connectivity index (χ1) is 9.60. The summed E-state index contributed by atoms with van der Waals surface area (Å²) in [6, 6.07) is 4.78. The van der Waals surface area contributed by atoms with E-state index in [1.54, 1.807) is 12.1 Å². The maximum absolute atomic E-state index is 10.9. The van der Waals surface area contributed by atoms with Crippen molar-refractivity contribution in [3.05, 3.63) is 28.3 Å². The summed E-state index contributed by atoms with van der Waals surface area (Å²) in [6.45, 7) is 2.39. The Morgan fingerprint density at radius 1 is 1.55 bits per heavy atom. The van der Waals surface area contributed by atoms with Crippen LogP contribution in [0.1, 0.15) is 12.8 Å². The standard InChI is InChI=1S/C13H20N4O3/c1-16(8-10-3-2-4-20-9-10)12-5-11(15-14)6-13(7-12)17(18)19/h5-7,10,15H,2-4,8-9,14H2,1H3. The summed E-state index contributed by atoms with van der Waals surface area (Å²) in [6.07, 6.45) is 2.20. The van der Waals surface area contributed by atoms with Gasteiger partial charge in [-0.2, -0.15) is 0 Å². The van der Waals surface area contributed by atoms with Crippen molar-refractivity contribution in [1.29, 1.82) is 0 Å². The quantitative estimate of drug-likeness (QED) is 0.485. The lowest BCUT2D eigenvalue weighted by molar-refractivity contribution is -0.384. The zero-order valence-corrected chi connectivity index (χ0v) is 11.5. The molecule has 1 unspecified atom stereocenters. The van der Waals surface area contributed by atoms with Crippen LogP contribution in [0.15, 0.2) is 18.2 Å². The van der Waals surface area contributed by atoms with E-state index >= 15 is 0 Å². The second-order valence-electron chi connectivity index (χ2n) is 5.10. The van der Waals surface area contributed by atoms with Gasteiger partial charge in [-0.15, -0.1) is 0 Å². The average molecular weight is 280 g/mol. The maximum atomic E-state index is 10.9. The van der Waals surface area contributed by atoms with Crippen molar-refractivity contribution in [2.75, 3.05) is 37.1 Å². The van der Waals surface area contributed by atoms with Crippen molar-refractivity contribution in [3.63, 3.8) is 0 Å². The summed E-state index contributed by atoms with van der Waals surface area (Å²) in [4.78, 5) is 12.5. The molecule has 1 heterocycles. The van der Waals surface area contributed by atoms with E-state index in [4.69, 9.17) is 10.6 Å². The lowest BCUT2D eigenvalue weighted by Crippen LogP contribution is -2.30. The van der Waals surface area contributed by atoms with E-state index in [1.165, 1.54) is 6.07 Å². The molecule has 1 aromatic rings. The van der Waals surface area contributed by atoms with Crippen LogP contribution in [0.5, 0.6) is 0 Å². The fourth-order valence-electron chi connectivity index (χ4n) is 2.45. The van der Waals surface area contributed by atoms with Gasteiger partial charge in [-0.25, -0.2) is 0 Å². The summed E-state index contributed by atoms with van der Waals surface area (Å²) in [5.74, 6) is 5.82. The van der Waals surface area contributed by atoms with Crippen molar-refractivity contribution in [1.82, 2.24) is 0 Å². The van der Waals surface area contributed by atoms with Gasteiger partial charge in [0.05, 0.1) is 17.2 Å². The molecule has 1 aliphatic rings. The highest BCUT2D eigenvalue weighted by Gasteiger charge is 2.18. The molecule has 0 spiro atoms. The summed E-state index contributed by atoms with van der Waals surface area (Å²) >= 11 is 0. The van der Waals surface area contributed by atoms with Crippen LogP contribution >= 0.6 is 0 Å². The van der Waals surface area contributed by atoms with Gasteiger partial charge in [0, 0.05) is 38.0 Å². The minimum atomic E-state index is -0.415. The predicted molar refractivity (Wildman–Crippen MR) is 77.7 cm³/mol. The fourth-order valence-corrected chi connectivity index (χ4v) is 2.45. The van der Waals surface area contributed by atoms with Crippen LogP contribution in [0.4, 0.5) is 17.1 Å². The van der Waals surface area contributed by atoms with E-state index in [0.717, 1.165) is 38.3 Å². The van der Waals surface area contributed by atoms with Gasteiger partial charge in [0.25, 0.3) is 5.69 Å². The Morgan fingerprint density at radius 2 is 2.35 bits per heavy atom. The zero-order chi connectivity index (χ0) is 14.5. The van der Waals surface area contributed by atoms with Crippen LogP contribution in [0.25, 0.3) is 0 Å². The van der Waals surface area contributed by atoms with Crippen molar-refractivity contribution in [3.8, 4) is 0 Å². The smallest absolute Gasteiger partial charge is 0.273 e. The van der Waals surface area contributed by atoms with Gasteiger partial charge in [-0.05, 0) is 24.8 Å². The fraction of sp³-hybridized carbons (Fsp3) is 0.538. The largest absolute Gasteiger partial charge is 0.381 e. The highest BCUT2D eigenvalue weighted by atomic mass is 16.6. The number of hydrazine groups is 1. The first kappa shape index (κ1) is 14.5. The Hall–Kier alpha value is -1.86. The van der Waals surface area contributed by atoms with Gasteiger partial charge in [0.15, 0.2) is 0 Å². The molecule has 1 aliphatic heterocycles. The Kier molecular flexibility index (Phi) is 4.75. The molecule has 1 saturated heterocycles. The average Bonchev–Trinajstić information content (AvgIpc) is 2.47. The number of nitrogens with one attached hydrogen (secondary N) is 1. The Bertz CT molecular complexity index is 475. The minimum absolute atomic E-state index is 0.0298. The van der Waals surface area contributed by atoms with Crippen LogP contribution < -0.4 is 16.2 Å². The summed E-state index contributed by atoms with van der Waals surface area (Å²) in [5, 5.41) is 10.9. The summed E-state index contributed by atoms with van der Waals surface area (Å²) in [7, 11) is 1.92. The molecule has 0 aromatic heterocycles. The molecule has 1 fully saturated rings. The lowest BCUT2D eigenvalue weighted by atomic mass is 10.0. The number of nitrogen functional groups attached to an aromatic ring is 1. The van der Waals surface area contributed by atoms with Gasteiger partial charge in [-0.3, -0.25) is 16.0 Å². The van der Waals surface area contributed by atoms with Crippen molar-refractivity contribution in [2.45, 2.75) is 12.8 Å². The molecule has 3 N–H and O–H groups in total. The number of hydrogen-bond acceptors (Lipinski definition) is 6. The Balaban J connectivity index is 2.13. The van der Waals surface area contributed by atoms with Crippen molar-refractivity contribution in [2.24, 2.45) is 11.8 Å². The maximum Gasteiger partial charge on any atom is 0.273 e. The van der Waals surface area contributed by atoms with Crippen LogP contribution in [-0.2, 0) is 4.74 Å². The molecule has 2 rings (SSSR count). The number of nitro benzene ring substituents is 1. The third kappa shape index (κ3) is 3.58. The third-order valence-corrected chi connectivity index (χ3v) is 3.51. The number of non-ortho nitro benzene ring substituents is 1. The highest BCUT2D eigenvalue weighted by molar-refractivity contribution is 5.63. The lowest BCUT2D eigenvalue weighted by Gasteiger charge is -2.28. The molecule has 0 aliphatic carbocycles. The Labute approximate surface area is 117 Å². The number of benzene rings is 1. The molecule has 0 saturated carbocycles. The third-order valence-electron chi connectivity index (χ3n) is 3.51. The van der Waals surface area contributed by atoms with E-state index in [0.29, 0.717) is 11.6 Å². The molecule has 0 bridgehead atoms. The molecule has 7 nitrogen and oxygen atoms in total. The second kappa shape index (κ2) is 6.53. The van der Waals surface area contributed by atoms with E-state index in [-0.39, 0.29) is 5.69 Å². The van der Waals surface area contributed by atoms with Crippen LogP contribution in [-0.4, -0.2) is 31.7 Å². The zero-order valence-electron chi connectivity index (χ0n) is 11.5. The molecule has 110 valence electrons. The van der Waals surface area contributed by atoms with Crippen LogP contribution in [0.3, 0.4) is 0 Å². The van der Waals surface area contributed by atoms with E-state index < -0.39 is 4.92 Å². The minimum Gasteiger partial charge on any atom is -0.381 e.